The Labute approximate surface area is 273 Å². The third kappa shape index (κ3) is 6.17. The van der Waals surface area contributed by atoms with Crippen LogP contribution in [0, 0.1) is 17.8 Å². The molecule has 2 aromatic rings. The van der Waals surface area contributed by atoms with Crippen LogP contribution in [0.2, 0.25) is 0 Å². The monoisotopic (exact) mass is 661 g/mol. The summed E-state index contributed by atoms with van der Waals surface area (Å²) in [6, 6.07) is 3.93. The van der Waals surface area contributed by atoms with Gasteiger partial charge >= 0.3 is 5.97 Å². The maximum absolute atomic E-state index is 12.5. The molecule has 6 rings (SSSR count). The first kappa shape index (κ1) is 34.1. The van der Waals surface area contributed by atoms with E-state index in [0.717, 1.165) is 12.8 Å². The van der Waals surface area contributed by atoms with E-state index in [1.54, 1.807) is 25.1 Å². The highest BCUT2D eigenvalue weighted by Gasteiger charge is 2.72. The molecule has 0 spiro atoms. The summed E-state index contributed by atoms with van der Waals surface area (Å²) in [7, 11) is 0. The van der Waals surface area contributed by atoms with Crippen LogP contribution in [-0.4, -0.2) is 111 Å². The van der Waals surface area contributed by atoms with Crippen LogP contribution in [0.4, 0.5) is 0 Å². The van der Waals surface area contributed by atoms with E-state index < -0.39 is 72.7 Å². The van der Waals surface area contributed by atoms with Crippen LogP contribution in [0.3, 0.4) is 0 Å². The van der Waals surface area contributed by atoms with Crippen molar-refractivity contribution >= 4 is 16.9 Å². The molecule has 3 fully saturated rings. The van der Waals surface area contributed by atoms with Crippen molar-refractivity contribution in [2.24, 2.45) is 17.8 Å². The van der Waals surface area contributed by atoms with E-state index in [1.165, 1.54) is 25.2 Å². The number of rotatable bonds is 13. The molecule has 13 nitrogen and oxygen atoms in total. The number of ether oxygens (including phenoxy) is 4. The van der Waals surface area contributed by atoms with E-state index in [0.29, 0.717) is 29.1 Å². The number of fused-ring (bicyclic) bond motifs is 5. The minimum Gasteiger partial charge on any atom is -0.485 e. The zero-order valence-corrected chi connectivity index (χ0v) is 26.6. The number of furan rings is 1. The van der Waals surface area contributed by atoms with Gasteiger partial charge in [-0.3, -0.25) is 4.79 Å². The van der Waals surface area contributed by atoms with E-state index in [9.17, 15) is 35.4 Å². The Morgan fingerprint density at radius 3 is 2.62 bits per heavy atom. The standard InChI is InChI=1S/C34H47NO12/c1-2-43-26(39)10-8-19-15-20-11-13-44-28(20)30(45-14-12-35-22-5-3-4-6-22)29(19)47-32-34(42)27-21(7-9-24(38)23(27)17-36)16-33(41,31(34)40)25(18-37)46-32/h7,9,11,13,15,21-25,27,31-32,35-38,40-42H,2-6,8,10,12,14,16-18H2,1H3/t21-,23+,24-,25+,27-,31-,32+,33+,34-/m0/s1. The molecule has 0 unspecified atom stereocenters. The maximum Gasteiger partial charge on any atom is 0.306 e. The average molecular weight is 662 g/mol. The van der Waals surface area contributed by atoms with Gasteiger partial charge in [0.2, 0.25) is 12.0 Å². The highest BCUT2D eigenvalue weighted by atomic mass is 16.7. The number of aryl methyl sites for hydroxylation is 1. The van der Waals surface area contributed by atoms with E-state index in [-0.39, 0.29) is 44.0 Å². The van der Waals surface area contributed by atoms with Gasteiger partial charge in [0.05, 0.1) is 25.6 Å². The van der Waals surface area contributed by atoms with E-state index in [4.69, 9.17) is 23.4 Å². The molecule has 47 heavy (non-hydrogen) atoms. The minimum atomic E-state index is -2.37. The van der Waals surface area contributed by atoms with Crippen LogP contribution in [0.1, 0.15) is 51.0 Å². The minimum absolute atomic E-state index is 0.00192. The van der Waals surface area contributed by atoms with Crippen LogP contribution in [0.25, 0.3) is 11.0 Å². The highest BCUT2D eigenvalue weighted by Crippen LogP contribution is 2.56. The van der Waals surface area contributed by atoms with Crippen LogP contribution in [0.15, 0.2) is 35.0 Å². The molecule has 3 aliphatic carbocycles. The fraction of sp³-hybridized carbons (Fsp3) is 0.676. The van der Waals surface area contributed by atoms with Gasteiger partial charge in [-0.05, 0) is 56.2 Å². The molecular weight excluding hydrogens is 614 g/mol. The molecule has 4 aliphatic rings. The molecule has 1 saturated heterocycles. The Hall–Kier alpha value is -2.75. The van der Waals surface area contributed by atoms with Gasteiger partial charge in [-0.25, -0.2) is 0 Å². The number of hydrogen-bond acceptors (Lipinski definition) is 13. The van der Waals surface area contributed by atoms with Crippen molar-refractivity contribution in [2.75, 3.05) is 33.0 Å². The number of carbonyl (C=O) groups is 1. The predicted molar refractivity (Wildman–Crippen MR) is 167 cm³/mol. The molecular formula is C34H47NO12. The zero-order valence-electron chi connectivity index (χ0n) is 26.6. The number of aliphatic hydroxyl groups is 6. The number of allylic oxidation sites excluding steroid dienone is 1. The Balaban J connectivity index is 1.40. The Bertz CT molecular complexity index is 1420. The maximum atomic E-state index is 12.5. The molecule has 260 valence electrons. The molecule has 2 bridgehead atoms. The van der Waals surface area contributed by atoms with E-state index in [2.05, 4.69) is 5.32 Å². The summed E-state index contributed by atoms with van der Waals surface area (Å²) in [5.41, 5.74) is -3.59. The lowest BCUT2D eigenvalue weighted by atomic mass is 9.53. The van der Waals surface area contributed by atoms with Crippen molar-refractivity contribution in [2.45, 2.75) is 93.7 Å². The third-order valence-electron chi connectivity index (χ3n) is 10.5. The van der Waals surface area contributed by atoms with Crippen molar-refractivity contribution in [3.63, 3.8) is 0 Å². The van der Waals surface area contributed by atoms with Gasteiger partial charge in [0, 0.05) is 42.8 Å². The smallest absolute Gasteiger partial charge is 0.306 e. The highest BCUT2D eigenvalue weighted by molar-refractivity contribution is 5.87. The van der Waals surface area contributed by atoms with Crippen molar-refractivity contribution in [1.82, 2.24) is 5.32 Å². The van der Waals surface area contributed by atoms with Crippen molar-refractivity contribution in [3.05, 3.63) is 36.1 Å². The Kier molecular flexibility index (Phi) is 10.2. The van der Waals surface area contributed by atoms with Gasteiger partial charge in [-0.2, -0.15) is 0 Å². The number of esters is 1. The predicted octanol–water partition coefficient (Wildman–Crippen LogP) is 0.934. The molecule has 2 saturated carbocycles. The lowest BCUT2D eigenvalue weighted by Gasteiger charge is -2.63. The quantitative estimate of drug-likeness (QED) is 0.0910. The van der Waals surface area contributed by atoms with E-state index in [1.807, 2.05) is 0 Å². The molecule has 1 aliphatic heterocycles. The fourth-order valence-electron chi connectivity index (χ4n) is 8.20. The molecule has 7 N–H and O–H groups in total. The zero-order chi connectivity index (χ0) is 33.3. The summed E-state index contributed by atoms with van der Waals surface area (Å²) in [6.07, 6.45) is 3.14. The van der Waals surface area contributed by atoms with Gasteiger partial charge in [0.25, 0.3) is 0 Å². The van der Waals surface area contributed by atoms with Gasteiger partial charge in [0.15, 0.2) is 16.9 Å². The number of aliphatic hydroxyl groups excluding tert-OH is 4. The molecule has 0 amide bonds. The summed E-state index contributed by atoms with van der Waals surface area (Å²) in [6.45, 7) is 1.48. The molecule has 1 aromatic heterocycles. The number of carbonyl (C=O) groups excluding carboxylic acids is 1. The summed E-state index contributed by atoms with van der Waals surface area (Å²) in [4.78, 5) is 12.4. The average Bonchev–Trinajstić information content (AvgIpc) is 3.75. The third-order valence-corrected chi connectivity index (χ3v) is 10.5. The molecule has 1 aromatic carbocycles. The number of nitrogens with one attached hydrogen (secondary N) is 1. The lowest BCUT2D eigenvalue weighted by Crippen LogP contribution is -2.81. The number of benzene rings is 1. The summed E-state index contributed by atoms with van der Waals surface area (Å²) >= 11 is 0. The molecule has 2 heterocycles. The SMILES string of the molecule is CCOC(=O)CCc1cc2ccoc2c(OCCNC2CCCC2)c1O[C@H]1O[C@H](CO)[C@]2(O)C[C@@H]3C=C[C@H](O)[C@@H](CO)[C@H]3[C@]1(O)[C@H]2O. The van der Waals surface area contributed by atoms with Crippen LogP contribution in [0.5, 0.6) is 11.5 Å². The van der Waals surface area contributed by atoms with E-state index >= 15 is 0 Å². The number of hydrogen-bond donors (Lipinski definition) is 7. The van der Waals surface area contributed by atoms with Crippen LogP contribution in [-0.2, 0) is 20.7 Å². The Morgan fingerprint density at radius 1 is 1.11 bits per heavy atom. The largest absolute Gasteiger partial charge is 0.485 e. The summed E-state index contributed by atoms with van der Waals surface area (Å²) in [5, 5.41) is 71.5. The van der Waals surface area contributed by atoms with Crippen molar-refractivity contribution in [1.29, 1.82) is 0 Å². The van der Waals surface area contributed by atoms with Crippen LogP contribution >= 0.6 is 0 Å². The second-order valence-electron chi connectivity index (χ2n) is 13.3. The van der Waals surface area contributed by atoms with Gasteiger partial charge in [-0.15, -0.1) is 0 Å². The first-order valence-corrected chi connectivity index (χ1v) is 16.7. The fourth-order valence-corrected chi connectivity index (χ4v) is 8.20. The topological polar surface area (TPSA) is 201 Å². The molecule has 0 radical (unpaired) electrons. The van der Waals surface area contributed by atoms with Crippen molar-refractivity contribution in [3.8, 4) is 11.5 Å². The Morgan fingerprint density at radius 2 is 1.89 bits per heavy atom. The van der Waals surface area contributed by atoms with Crippen LogP contribution < -0.4 is 14.8 Å². The van der Waals surface area contributed by atoms with Crippen molar-refractivity contribution < 1.29 is 58.8 Å². The first-order chi connectivity index (χ1) is 22.6. The molecule has 9 atom stereocenters. The summed E-state index contributed by atoms with van der Waals surface area (Å²) in [5.74, 6) is -2.69. The van der Waals surface area contributed by atoms with Gasteiger partial charge < -0.3 is 59.3 Å². The summed E-state index contributed by atoms with van der Waals surface area (Å²) < 4.78 is 29.9. The van der Waals surface area contributed by atoms with Gasteiger partial charge in [-0.1, -0.05) is 25.0 Å². The first-order valence-electron chi connectivity index (χ1n) is 16.7. The second kappa shape index (κ2) is 14.0. The van der Waals surface area contributed by atoms with Gasteiger partial charge in [0.1, 0.15) is 24.4 Å². The normalized spacial score (nSPS) is 35.2. The lowest BCUT2D eigenvalue weighted by molar-refractivity contribution is -0.391. The molecule has 13 heteroatoms. The second-order valence-corrected chi connectivity index (χ2v) is 13.3.